The van der Waals surface area contributed by atoms with Crippen LogP contribution in [0.5, 0.6) is 0 Å². The molecule has 2 N–H and O–H groups in total. The van der Waals surface area contributed by atoms with Gasteiger partial charge in [0.15, 0.2) is 9.84 Å². The van der Waals surface area contributed by atoms with Gasteiger partial charge in [-0.15, -0.1) is 0 Å². The number of halogens is 3. The lowest BCUT2D eigenvalue weighted by Crippen LogP contribution is -2.22. The Morgan fingerprint density at radius 1 is 1.14 bits per heavy atom. The first kappa shape index (κ1) is 21.4. The van der Waals surface area contributed by atoms with Crippen molar-refractivity contribution in [3.8, 4) is 0 Å². The number of alkyl halides is 3. The molecule has 3 rings (SSSR count). The van der Waals surface area contributed by atoms with Gasteiger partial charge in [0.2, 0.25) is 0 Å². The molecule has 1 atom stereocenters. The highest BCUT2D eigenvalue weighted by Gasteiger charge is 2.28. The first-order valence-corrected chi connectivity index (χ1v) is 11.0. The molecule has 0 amide bonds. The van der Waals surface area contributed by atoms with E-state index in [-0.39, 0.29) is 23.5 Å². The van der Waals surface area contributed by atoms with E-state index < -0.39 is 22.6 Å². The number of aromatic nitrogens is 2. The molecule has 1 aromatic carbocycles. The zero-order valence-corrected chi connectivity index (χ0v) is 16.9. The molecule has 2 aromatic rings. The van der Waals surface area contributed by atoms with E-state index in [2.05, 4.69) is 20.6 Å². The molecule has 0 unspecified atom stereocenters. The fourth-order valence-electron chi connectivity index (χ4n) is 3.34. The van der Waals surface area contributed by atoms with Crippen LogP contribution in [0.2, 0.25) is 0 Å². The smallest absolute Gasteiger partial charge is 0.363 e. The van der Waals surface area contributed by atoms with Crippen LogP contribution in [-0.4, -0.2) is 36.9 Å². The number of nitrogens with one attached hydrogen (secondary N) is 2. The monoisotopic (exact) mass is 428 g/mol. The Morgan fingerprint density at radius 2 is 1.86 bits per heavy atom. The second kappa shape index (κ2) is 8.17. The van der Waals surface area contributed by atoms with E-state index >= 15 is 0 Å². The van der Waals surface area contributed by atoms with Crippen molar-refractivity contribution in [3.63, 3.8) is 0 Å². The van der Waals surface area contributed by atoms with Crippen LogP contribution in [0.4, 0.5) is 24.8 Å². The molecule has 0 radical (unpaired) electrons. The highest BCUT2D eigenvalue weighted by Crippen LogP contribution is 2.32. The molecule has 2 heterocycles. The van der Waals surface area contributed by atoms with Crippen molar-refractivity contribution in [1.82, 2.24) is 9.97 Å². The average molecular weight is 428 g/mol. The Kier molecular flexibility index (Phi) is 6.02. The summed E-state index contributed by atoms with van der Waals surface area (Å²) in [4.78, 5) is 8.25. The van der Waals surface area contributed by atoms with Crippen molar-refractivity contribution in [3.05, 3.63) is 41.7 Å². The summed E-state index contributed by atoms with van der Waals surface area (Å²) in [5.74, 6) is 0.615. The molecule has 29 heavy (non-hydrogen) atoms. The topological polar surface area (TPSA) is 84.0 Å². The summed E-state index contributed by atoms with van der Waals surface area (Å²) in [5, 5.41) is 5.42. The molecule has 0 bridgehead atoms. The Bertz CT molecular complexity index is 978. The van der Waals surface area contributed by atoms with Crippen molar-refractivity contribution in [2.24, 2.45) is 5.92 Å². The zero-order valence-electron chi connectivity index (χ0n) is 16.1. The summed E-state index contributed by atoms with van der Waals surface area (Å²) in [6.45, 7) is 2.74. The summed E-state index contributed by atoms with van der Waals surface area (Å²) in [6.07, 6.45) is -1.83. The largest absolute Gasteiger partial charge is 0.405 e. The van der Waals surface area contributed by atoms with Crippen molar-refractivity contribution in [1.29, 1.82) is 0 Å². The van der Waals surface area contributed by atoms with Crippen LogP contribution in [0.15, 0.2) is 35.5 Å². The van der Waals surface area contributed by atoms with Crippen LogP contribution in [0.25, 0.3) is 0 Å². The Balaban J connectivity index is 1.85. The number of aryl methyl sites for hydroxylation is 1. The van der Waals surface area contributed by atoms with Gasteiger partial charge < -0.3 is 10.6 Å². The van der Waals surface area contributed by atoms with E-state index in [1.807, 2.05) is 26.0 Å². The summed E-state index contributed by atoms with van der Waals surface area (Å²) in [5.41, 5.74) is 1.61. The van der Waals surface area contributed by atoms with E-state index in [4.69, 9.17) is 0 Å². The van der Waals surface area contributed by atoms with Crippen molar-refractivity contribution >= 4 is 21.5 Å². The minimum Gasteiger partial charge on any atom is -0.363 e. The molecule has 1 aromatic heterocycles. The molecule has 0 aliphatic carbocycles. The lowest BCUT2D eigenvalue weighted by atomic mass is 9.94. The van der Waals surface area contributed by atoms with E-state index in [0.29, 0.717) is 17.1 Å². The highest BCUT2D eigenvalue weighted by atomic mass is 32.2. The molecule has 10 heteroatoms. The number of sulfone groups is 1. The Morgan fingerprint density at radius 3 is 2.55 bits per heavy atom. The van der Waals surface area contributed by atoms with Crippen LogP contribution in [0.3, 0.4) is 0 Å². The number of fused-ring (bicyclic) bond motifs is 1. The molecule has 0 fully saturated rings. The second-order valence-electron chi connectivity index (χ2n) is 7.41. The van der Waals surface area contributed by atoms with Gasteiger partial charge in [-0.2, -0.15) is 13.2 Å². The average Bonchev–Trinajstić information content (AvgIpc) is 2.64. The third-order valence-electron chi connectivity index (χ3n) is 4.75. The van der Waals surface area contributed by atoms with Gasteiger partial charge in [-0.3, -0.25) is 0 Å². The lowest BCUT2D eigenvalue weighted by Gasteiger charge is -2.26. The summed E-state index contributed by atoms with van der Waals surface area (Å²) in [7, 11) is -3.29. The molecular weight excluding hydrogens is 405 g/mol. The predicted octanol–water partition coefficient (Wildman–Crippen LogP) is 3.98. The van der Waals surface area contributed by atoms with Crippen molar-refractivity contribution < 1.29 is 21.6 Å². The van der Waals surface area contributed by atoms with Gasteiger partial charge in [-0.05, 0) is 36.0 Å². The van der Waals surface area contributed by atoms with Gasteiger partial charge in [0.05, 0.1) is 16.7 Å². The highest BCUT2D eigenvalue weighted by molar-refractivity contribution is 7.91. The Hall–Kier alpha value is -2.36. The van der Waals surface area contributed by atoms with Crippen molar-refractivity contribution in [2.45, 2.75) is 43.8 Å². The molecule has 0 spiro atoms. The lowest BCUT2D eigenvalue weighted by molar-refractivity contribution is -0.115. The minimum atomic E-state index is -4.35. The number of benzene rings is 1. The molecule has 1 aliphatic rings. The third kappa shape index (κ3) is 5.37. The first-order valence-electron chi connectivity index (χ1n) is 9.30. The predicted molar refractivity (Wildman–Crippen MR) is 105 cm³/mol. The van der Waals surface area contributed by atoms with Crippen LogP contribution in [0, 0.1) is 5.92 Å². The first-order chi connectivity index (χ1) is 13.5. The van der Waals surface area contributed by atoms with E-state index in [1.165, 1.54) is 12.4 Å². The van der Waals surface area contributed by atoms with Gasteiger partial charge >= 0.3 is 6.18 Å². The maximum absolute atomic E-state index is 12.4. The van der Waals surface area contributed by atoms with Crippen LogP contribution < -0.4 is 10.6 Å². The SMILES string of the molecule is CC(C)[C@@H](Nc1cc(NCC(F)(F)F)ncn1)c1ccc2c(c1)S(=O)(=O)CCC2. The molecule has 1 aliphatic heterocycles. The molecule has 0 saturated carbocycles. The van der Waals surface area contributed by atoms with Crippen LogP contribution in [-0.2, 0) is 16.3 Å². The quantitative estimate of drug-likeness (QED) is 0.724. The summed E-state index contributed by atoms with van der Waals surface area (Å²) in [6, 6.07) is 6.56. The number of hydrogen-bond acceptors (Lipinski definition) is 6. The maximum Gasteiger partial charge on any atom is 0.405 e. The van der Waals surface area contributed by atoms with E-state index in [0.717, 1.165) is 17.5 Å². The van der Waals surface area contributed by atoms with Gasteiger partial charge in [0, 0.05) is 6.07 Å². The summed E-state index contributed by atoms with van der Waals surface area (Å²) < 4.78 is 62.1. The molecule has 6 nitrogen and oxygen atoms in total. The van der Waals surface area contributed by atoms with Gasteiger partial charge in [-0.25, -0.2) is 18.4 Å². The van der Waals surface area contributed by atoms with Crippen molar-refractivity contribution in [2.75, 3.05) is 22.9 Å². The van der Waals surface area contributed by atoms with Gasteiger partial charge in [-0.1, -0.05) is 26.0 Å². The van der Waals surface area contributed by atoms with E-state index in [9.17, 15) is 21.6 Å². The summed E-state index contributed by atoms with van der Waals surface area (Å²) >= 11 is 0. The molecule has 0 saturated heterocycles. The standard InChI is InChI=1S/C19H23F3N4O2S/c1-12(2)18(14-6-5-13-4-3-7-29(27,28)15(13)8-14)26-17-9-16(24-11-25-17)23-10-19(20,21)22/h5-6,8-9,11-12,18H,3-4,7,10H2,1-2H3,(H2,23,24,25,26)/t18-/m1/s1. The zero-order chi connectivity index (χ0) is 21.2. The maximum atomic E-state index is 12.4. The molecular formula is C19H23F3N4O2S. The second-order valence-corrected chi connectivity index (χ2v) is 9.49. The number of nitrogens with zero attached hydrogens (tertiary/aromatic N) is 2. The Labute approximate surface area is 167 Å². The third-order valence-corrected chi connectivity index (χ3v) is 6.63. The fourth-order valence-corrected chi connectivity index (χ4v) is 4.97. The van der Waals surface area contributed by atoms with Gasteiger partial charge in [0.25, 0.3) is 0 Å². The van der Waals surface area contributed by atoms with E-state index in [1.54, 1.807) is 6.07 Å². The minimum absolute atomic E-state index is 0.0512. The van der Waals surface area contributed by atoms with Crippen LogP contribution in [0.1, 0.15) is 37.4 Å². The van der Waals surface area contributed by atoms with Gasteiger partial charge in [0.1, 0.15) is 24.5 Å². The number of hydrogen-bond donors (Lipinski definition) is 2. The van der Waals surface area contributed by atoms with Crippen LogP contribution >= 0.6 is 0 Å². The normalized spacial score (nSPS) is 16.9. The molecule has 158 valence electrons. The number of rotatable bonds is 6. The fraction of sp³-hybridized carbons (Fsp3) is 0.474. The number of anilines is 2.